The van der Waals surface area contributed by atoms with Gasteiger partial charge in [-0.15, -0.1) is 0 Å². The van der Waals surface area contributed by atoms with Gasteiger partial charge < -0.3 is 9.84 Å². The topological polar surface area (TPSA) is 29.5 Å². The lowest BCUT2D eigenvalue weighted by atomic mass is 10.1. The largest absolute Gasteiger partial charge is 0.488 e. The Labute approximate surface area is 104 Å². The highest BCUT2D eigenvalue weighted by atomic mass is 79.9. The molecule has 16 heavy (non-hydrogen) atoms. The molecule has 1 aliphatic carbocycles. The van der Waals surface area contributed by atoms with Crippen LogP contribution in [0.5, 0.6) is 5.75 Å². The van der Waals surface area contributed by atoms with Crippen LogP contribution >= 0.6 is 15.9 Å². The van der Waals surface area contributed by atoms with Gasteiger partial charge in [-0.05, 0) is 59.0 Å². The van der Waals surface area contributed by atoms with Gasteiger partial charge in [-0.2, -0.15) is 0 Å². The number of benzene rings is 1. The van der Waals surface area contributed by atoms with E-state index in [9.17, 15) is 5.11 Å². The molecule has 0 spiro atoms. The molecule has 0 saturated heterocycles. The van der Waals surface area contributed by atoms with Gasteiger partial charge in [-0.3, -0.25) is 0 Å². The van der Waals surface area contributed by atoms with Gasteiger partial charge in [0.05, 0.1) is 10.1 Å². The normalized spacial score (nSPS) is 16.9. The van der Waals surface area contributed by atoms with Crippen LogP contribution in [-0.4, -0.2) is 11.7 Å². The van der Waals surface area contributed by atoms with Crippen molar-refractivity contribution < 1.29 is 9.84 Å². The second-order valence-corrected chi connectivity index (χ2v) is 5.28. The average Bonchev–Trinajstić information content (AvgIpc) is 2.96. The molecule has 1 aromatic carbocycles. The van der Waals surface area contributed by atoms with E-state index in [0.717, 1.165) is 34.2 Å². The Morgan fingerprint density at radius 3 is 2.75 bits per heavy atom. The molecular formula is C13H15BrO2. The predicted octanol–water partition coefficient (Wildman–Crippen LogP) is 3.39. The fourth-order valence-electron chi connectivity index (χ4n) is 1.52. The third-order valence-electron chi connectivity index (χ3n) is 2.67. The van der Waals surface area contributed by atoms with Gasteiger partial charge in [-0.1, -0.05) is 12.6 Å². The van der Waals surface area contributed by atoms with Crippen LogP contribution in [0.4, 0.5) is 0 Å². The Bertz CT molecular complexity index is 422. The van der Waals surface area contributed by atoms with Crippen molar-refractivity contribution in [3.8, 4) is 5.75 Å². The third-order valence-corrected chi connectivity index (χ3v) is 3.29. The zero-order valence-corrected chi connectivity index (χ0v) is 10.9. The van der Waals surface area contributed by atoms with Crippen LogP contribution < -0.4 is 4.74 Å². The lowest BCUT2D eigenvalue weighted by Gasteiger charge is -2.12. The van der Waals surface area contributed by atoms with Crippen molar-refractivity contribution in [1.82, 2.24) is 0 Å². The van der Waals surface area contributed by atoms with Gasteiger partial charge in [-0.25, -0.2) is 0 Å². The van der Waals surface area contributed by atoms with E-state index in [0.29, 0.717) is 6.61 Å². The molecule has 1 fully saturated rings. The van der Waals surface area contributed by atoms with Crippen molar-refractivity contribution in [3.63, 3.8) is 0 Å². The smallest absolute Gasteiger partial charge is 0.133 e. The van der Waals surface area contributed by atoms with Gasteiger partial charge in [0, 0.05) is 0 Å². The van der Waals surface area contributed by atoms with Crippen molar-refractivity contribution in [1.29, 1.82) is 0 Å². The van der Waals surface area contributed by atoms with Crippen molar-refractivity contribution in [2.24, 2.45) is 0 Å². The van der Waals surface area contributed by atoms with E-state index in [4.69, 9.17) is 4.74 Å². The molecule has 0 unspecified atom stereocenters. The molecule has 0 radical (unpaired) electrons. The molecule has 1 aliphatic rings. The standard InChI is InChI=1S/C13H15BrO2/c1-9(2)8-16-12-4-3-10(7-11(12)14)13(15)5-6-13/h3-4,7,15H,1,5-6,8H2,2H3. The van der Waals surface area contributed by atoms with Crippen LogP contribution in [0.25, 0.3) is 0 Å². The number of rotatable bonds is 4. The van der Waals surface area contributed by atoms with Gasteiger partial charge in [0.15, 0.2) is 0 Å². The summed E-state index contributed by atoms with van der Waals surface area (Å²) in [6.07, 6.45) is 1.71. The molecular weight excluding hydrogens is 268 g/mol. The molecule has 0 atom stereocenters. The summed E-state index contributed by atoms with van der Waals surface area (Å²) in [6, 6.07) is 5.74. The maximum Gasteiger partial charge on any atom is 0.133 e. The predicted molar refractivity (Wildman–Crippen MR) is 67.6 cm³/mol. The van der Waals surface area contributed by atoms with Gasteiger partial charge in [0.1, 0.15) is 12.4 Å². The molecule has 1 N–H and O–H groups in total. The Morgan fingerprint density at radius 2 is 2.25 bits per heavy atom. The summed E-state index contributed by atoms with van der Waals surface area (Å²) < 4.78 is 6.44. The number of ether oxygens (including phenoxy) is 1. The van der Waals surface area contributed by atoms with Gasteiger partial charge >= 0.3 is 0 Å². The first-order valence-electron chi connectivity index (χ1n) is 5.31. The van der Waals surface area contributed by atoms with Gasteiger partial charge in [0.25, 0.3) is 0 Å². The molecule has 86 valence electrons. The second kappa shape index (κ2) is 4.22. The summed E-state index contributed by atoms with van der Waals surface area (Å²) in [5, 5.41) is 9.96. The highest BCUT2D eigenvalue weighted by Crippen LogP contribution is 2.46. The molecule has 2 rings (SSSR count). The minimum Gasteiger partial charge on any atom is -0.488 e. The summed E-state index contributed by atoms with van der Waals surface area (Å²) in [5.74, 6) is 0.788. The average molecular weight is 283 g/mol. The van der Waals surface area contributed by atoms with E-state index >= 15 is 0 Å². The number of hydrogen-bond donors (Lipinski definition) is 1. The summed E-state index contributed by atoms with van der Waals surface area (Å²) >= 11 is 3.45. The fourth-order valence-corrected chi connectivity index (χ4v) is 2.01. The van der Waals surface area contributed by atoms with E-state index in [-0.39, 0.29) is 0 Å². The number of hydrogen-bond acceptors (Lipinski definition) is 2. The second-order valence-electron chi connectivity index (χ2n) is 4.42. The van der Waals surface area contributed by atoms with Crippen molar-refractivity contribution in [2.75, 3.05) is 6.61 Å². The first-order chi connectivity index (χ1) is 7.51. The van der Waals surface area contributed by atoms with Crippen LogP contribution in [0, 0.1) is 0 Å². The summed E-state index contributed by atoms with van der Waals surface area (Å²) in [6.45, 7) is 6.23. The monoisotopic (exact) mass is 282 g/mol. The first-order valence-corrected chi connectivity index (χ1v) is 6.10. The maximum atomic E-state index is 9.96. The van der Waals surface area contributed by atoms with Crippen LogP contribution in [0.2, 0.25) is 0 Å². The highest BCUT2D eigenvalue weighted by molar-refractivity contribution is 9.10. The summed E-state index contributed by atoms with van der Waals surface area (Å²) in [4.78, 5) is 0. The molecule has 0 heterocycles. The molecule has 0 amide bonds. The first kappa shape index (κ1) is 11.7. The van der Waals surface area contributed by atoms with Crippen LogP contribution in [0.3, 0.4) is 0 Å². The highest BCUT2D eigenvalue weighted by Gasteiger charge is 2.42. The number of aliphatic hydroxyl groups is 1. The molecule has 0 aromatic heterocycles. The van der Waals surface area contributed by atoms with E-state index in [1.165, 1.54) is 0 Å². The Balaban J connectivity index is 2.13. The SMILES string of the molecule is C=C(C)COc1ccc(C2(O)CC2)cc1Br. The Hall–Kier alpha value is -0.800. The fraction of sp³-hybridized carbons (Fsp3) is 0.385. The van der Waals surface area contributed by atoms with Crippen molar-refractivity contribution >= 4 is 15.9 Å². The molecule has 3 heteroatoms. The number of halogens is 1. The van der Waals surface area contributed by atoms with Crippen molar-refractivity contribution in [2.45, 2.75) is 25.4 Å². The van der Waals surface area contributed by atoms with Gasteiger partial charge in [0.2, 0.25) is 0 Å². The molecule has 1 saturated carbocycles. The zero-order valence-electron chi connectivity index (χ0n) is 9.29. The van der Waals surface area contributed by atoms with E-state index < -0.39 is 5.60 Å². The van der Waals surface area contributed by atoms with E-state index in [2.05, 4.69) is 22.5 Å². The van der Waals surface area contributed by atoms with Crippen LogP contribution in [-0.2, 0) is 5.60 Å². The zero-order chi connectivity index (χ0) is 11.8. The molecule has 2 nitrogen and oxygen atoms in total. The molecule has 0 aliphatic heterocycles. The molecule has 1 aromatic rings. The van der Waals surface area contributed by atoms with E-state index in [1.807, 2.05) is 25.1 Å². The summed E-state index contributed by atoms with van der Waals surface area (Å²) in [7, 11) is 0. The Kier molecular flexibility index (Phi) is 3.08. The maximum absolute atomic E-state index is 9.96. The van der Waals surface area contributed by atoms with Crippen LogP contribution in [0.1, 0.15) is 25.3 Å². The minimum absolute atomic E-state index is 0.516. The minimum atomic E-state index is -0.588. The third kappa shape index (κ3) is 2.47. The lowest BCUT2D eigenvalue weighted by Crippen LogP contribution is -2.05. The Morgan fingerprint density at radius 1 is 1.56 bits per heavy atom. The molecule has 0 bridgehead atoms. The lowest BCUT2D eigenvalue weighted by molar-refractivity contribution is 0.151. The summed E-state index contributed by atoms with van der Waals surface area (Å²) in [5.41, 5.74) is 1.36. The van der Waals surface area contributed by atoms with E-state index in [1.54, 1.807) is 0 Å². The van der Waals surface area contributed by atoms with Crippen LogP contribution in [0.15, 0.2) is 34.8 Å². The quantitative estimate of drug-likeness (QED) is 0.858. The van der Waals surface area contributed by atoms with Crippen molar-refractivity contribution in [3.05, 3.63) is 40.4 Å².